The van der Waals surface area contributed by atoms with Crippen LogP contribution in [-0.2, 0) is 21.2 Å². The first-order chi connectivity index (χ1) is 20.5. The van der Waals surface area contributed by atoms with Crippen LogP contribution >= 0.6 is 11.3 Å². The smallest absolute Gasteiger partial charge is 0.393 e. The fourth-order valence-corrected chi connectivity index (χ4v) is 7.91. The lowest BCUT2D eigenvalue weighted by Crippen LogP contribution is -2.40. The molecular weight excluding hydrogens is 601 g/mol. The number of morpholine rings is 1. The predicted molar refractivity (Wildman–Crippen MR) is 164 cm³/mol. The number of thiophene rings is 1. The van der Waals surface area contributed by atoms with Crippen molar-refractivity contribution in [3.8, 4) is 17.6 Å². The van der Waals surface area contributed by atoms with Gasteiger partial charge in [0.25, 0.3) is 0 Å². The molecule has 1 aromatic heterocycles. The van der Waals surface area contributed by atoms with Gasteiger partial charge in [-0.1, -0.05) is 24.0 Å². The Morgan fingerprint density at radius 3 is 2.53 bits per heavy atom. The predicted octanol–water partition coefficient (Wildman–Crippen LogP) is 5.01. The van der Waals surface area contributed by atoms with Gasteiger partial charge < -0.3 is 25.0 Å². The van der Waals surface area contributed by atoms with Crippen LogP contribution in [0.2, 0.25) is 0 Å². The van der Waals surface area contributed by atoms with Crippen LogP contribution in [0, 0.1) is 11.8 Å². The molecule has 232 valence electrons. The van der Waals surface area contributed by atoms with Crippen molar-refractivity contribution in [3.63, 3.8) is 0 Å². The van der Waals surface area contributed by atoms with Crippen molar-refractivity contribution >= 4 is 42.8 Å². The van der Waals surface area contributed by atoms with E-state index in [4.69, 9.17) is 9.47 Å². The Bertz CT molecular complexity index is 1600. The number of hydrogen-bond donors (Lipinski definition) is 2. The number of hydrogen-bond acceptors (Lipinski definition) is 8. The summed E-state index contributed by atoms with van der Waals surface area (Å²) in [6, 6.07) is 10.3. The Labute approximate surface area is 254 Å². The average Bonchev–Trinajstić information content (AvgIpc) is 3.33. The van der Waals surface area contributed by atoms with E-state index in [1.54, 1.807) is 18.2 Å². The molecule has 3 heterocycles. The number of halogens is 3. The van der Waals surface area contributed by atoms with Gasteiger partial charge in [0.05, 0.1) is 59.1 Å². The molecule has 0 spiro atoms. The van der Waals surface area contributed by atoms with Gasteiger partial charge in [0, 0.05) is 25.2 Å². The number of sulfonamides is 1. The number of benzene rings is 2. The number of alkyl halides is 3. The number of ether oxygens (including phenoxy) is 2. The van der Waals surface area contributed by atoms with Gasteiger partial charge in [0.15, 0.2) is 0 Å². The van der Waals surface area contributed by atoms with E-state index in [1.807, 2.05) is 6.07 Å². The Kier molecular flexibility index (Phi) is 9.73. The molecule has 5 rings (SSSR count). The first kappa shape index (κ1) is 31.4. The summed E-state index contributed by atoms with van der Waals surface area (Å²) in [5.41, 5.74) is 1.54. The lowest BCUT2D eigenvalue weighted by molar-refractivity contribution is -0.126. The highest BCUT2D eigenvalue weighted by atomic mass is 32.2. The lowest BCUT2D eigenvalue weighted by atomic mass is 10.0. The van der Waals surface area contributed by atoms with Crippen molar-refractivity contribution in [3.05, 3.63) is 46.8 Å². The van der Waals surface area contributed by atoms with Gasteiger partial charge in [0.2, 0.25) is 10.0 Å². The second kappa shape index (κ2) is 13.3. The van der Waals surface area contributed by atoms with Gasteiger partial charge >= 0.3 is 6.18 Å². The van der Waals surface area contributed by atoms with E-state index in [1.165, 1.54) is 34.9 Å². The molecule has 0 radical (unpaired) electrons. The lowest BCUT2D eigenvalue weighted by Gasteiger charge is -2.30. The van der Waals surface area contributed by atoms with E-state index in [-0.39, 0.29) is 36.1 Å². The number of anilines is 2. The van der Waals surface area contributed by atoms with E-state index >= 15 is 0 Å². The quantitative estimate of drug-likeness (QED) is 0.337. The molecule has 8 nitrogen and oxygen atoms in total. The monoisotopic (exact) mass is 636 g/mol. The summed E-state index contributed by atoms with van der Waals surface area (Å²) < 4.78 is 79.8. The third-order valence-corrected chi connectivity index (χ3v) is 10.7. The summed E-state index contributed by atoms with van der Waals surface area (Å²) in [6.45, 7) is 3.31. The van der Waals surface area contributed by atoms with E-state index < -0.39 is 22.6 Å². The highest BCUT2D eigenvalue weighted by Gasteiger charge is 2.31. The van der Waals surface area contributed by atoms with E-state index in [0.717, 1.165) is 36.3 Å². The molecule has 2 aromatic carbocycles. The number of likely N-dealkylation sites (tertiary alicyclic amines) is 1. The van der Waals surface area contributed by atoms with Gasteiger partial charge in [-0.2, -0.15) is 17.5 Å². The molecule has 0 bridgehead atoms. The molecule has 0 amide bonds. The Hall–Kier alpha value is -3.02. The zero-order valence-electron chi connectivity index (χ0n) is 24.1. The van der Waals surface area contributed by atoms with Crippen LogP contribution in [0.25, 0.3) is 10.1 Å². The van der Waals surface area contributed by atoms with Crippen LogP contribution in [0.5, 0.6) is 5.75 Å². The molecule has 0 aliphatic carbocycles. The van der Waals surface area contributed by atoms with E-state index in [0.29, 0.717) is 34.9 Å². The molecule has 2 saturated heterocycles. The number of fused-ring (bicyclic) bond motifs is 1. The standard InChI is InChI=1S/C30H35F3N4O4S2/c1-36-13-10-21(11-14-36)35-26-6-3-5-23-24(20-30(31,32)33)28(42-29(23)26)7-4-12-34-25-9-8-22(19-27(25)40-2)43(38,39)37-15-17-41-18-16-37/h3,5-6,8-9,19,21,34-35H,10-18,20H2,1-2H3. The summed E-state index contributed by atoms with van der Waals surface area (Å²) in [6.07, 6.45) is -3.50. The Morgan fingerprint density at radius 1 is 1.09 bits per heavy atom. The average molecular weight is 637 g/mol. The van der Waals surface area contributed by atoms with Crippen molar-refractivity contribution < 1.29 is 31.1 Å². The number of nitrogens with zero attached hydrogens (tertiary/aromatic N) is 2. The topological polar surface area (TPSA) is 83.1 Å². The van der Waals surface area contributed by atoms with Gasteiger partial charge in [0.1, 0.15) is 5.75 Å². The fraction of sp³-hybridized carbons (Fsp3) is 0.467. The zero-order valence-corrected chi connectivity index (χ0v) is 25.7. The van der Waals surface area contributed by atoms with Crippen molar-refractivity contribution in [1.29, 1.82) is 0 Å². The minimum Gasteiger partial charge on any atom is -0.495 e. The van der Waals surface area contributed by atoms with Gasteiger partial charge in [-0.05, 0) is 62.1 Å². The first-order valence-electron chi connectivity index (χ1n) is 14.1. The third-order valence-electron chi connectivity index (χ3n) is 7.62. The van der Waals surface area contributed by atoms with Crippen molar-refractivity contribution in [1.82, 2.24) is 9.21 Å². The van der Waals surface area contributed by atoms with Crippen molar-refractivity contribution in [2.75, 3.05) is 70.7 Å². The molecular formula is C30H35F3N4O4S2. The third kappa shape index (κ3) is 7.56. The zero-order chi connectivity index (χ0) is 30.6. The maximum absolute atomic E-state index is 13.6. The molecule has 2 aliphatic rings. The largest absolute Gasteiger partial charge is 0.495 e. The van der Waals surface area contributed by atoms with Crippen LogP contribution in [0.15, 0.2) is 41.3 Å². The van der Waals surface area contributed by atoms with Gasteiger partial charge in [-0.15, -0.1) is 11.3 Å². The fourth-order valence-electron chi connectivity index (χ4n) is 5.31. The van der Waals surface area contributed by atoms with Crippen LogP contribution in [0.3, 0.4) is 0 Å². The van der Waals surface area contributed by atoms with Crippen LogP contribution < -0.4 is 15.4 Å². The van der Waals surface area contributed by atoms with Crippen molar-refractivity contribution in [2.45, 2.75) is 36.4 Å². The minimum atomic E-state index is -4.38. The number of nitrogens with one attached hydrogen (secondary N) is 2. The Balaban J connectivity index is 1.35. The molecule has 2 aliphatic heterocycles. The van der Waals surface area contributed by atoms with Crippen molar-refractivity contribution in [2.24, 2.45) is 0 Å². The molecule has 0 atom stereocenters. The first-order valence-corrected chi connectivity index (χ1v) is 16.4. The highest BCUT2D eigenvalue weighted by molar-refractivity contribution is 7.89. The van der Waals surface area contributed by atoms with E-state index in [9.17, 15) is 21.6 Å². The SMILES string of the molecule is COc1cc(S(=O)(=O)N2CCOCC2)ccc1NCC#Cc1sc2c(NC3CCN(C)CC3)cccc2c1CC(F)(F)F. The summed E-state index contributed by atoms with van der Waals surface area (Å²) in [7, 11) is -0.176. The van der Waals surface area contributed by atoms with Crippen LogP contribution in [0.1, 0.15) is 23.3 Å². The van der Waals surface area contributed by atoms with Gasteiger partial charge in [-0.3, -0.25) is 0 Å². The number of rotatable bonds is 8. The summed E-state index contributed by atoms with van der Waals surface area (Å²) in [5, 5.41) is 7.23. The molecule has 2 N–H and O–H groups in total. The summed E-state index contributed by atoms with van der Waals surface area (Å²) >= 11 is 1.27. The number of methoxy groups -OCH3 is 1. The normalized spacial score (nSPS) is 17.4. The van der Waals surface area contributed by atoms with Crippen LogP contribution in [0.4, 0.5) is 24.5 Å². The molecule has 0 saturated carbocycles. The maximum Gasteiger partial charge on any atom is 0.393 e. The number of piperidine rings is 1. The molecule has 2 fully saturated rings. The van der Waals surface area contributed by atoms with E-state index in [2.05, 4.69) is 34.4 Å². The second-order valence-electron chi connectivity index (χ2n) is 10.6. The molecule has 43 heavy (non-hydrogen) atoms. The molecule has 0 unspecified atom stereocenters. The minimum absolute atomic E-state index is 0.106. The molecule has 3 aromatic rings. The van der Waals surface area contributed by atoms with Crippen LogP contribution in [-0.4, -0.2) is 89.9 Å². The summed E-state index contributed by atoms with van der Waals surface area (Å²) in [4.78, 5) is 2.75. The summed E-state index contributed by atoms with van der Waals surface area (Å²) in [5.74, 6) is 6.24. The second-order valence-corrected chi connectivity index (χ2v) is 13.6. The van der Waals surface area contributed by atoms with Gasteiger partial charge in [-0.25, -0.2) is 8.42 Å². The Morgan fingerprint density at radius 2 is 1.84 bits per heavy atom. The molecule has 13 heteroatoms. The highest BCUT2D eigenvalue weighted by Crippen LogP contribution is 2.39. The maximum atomic E-state index is 13.6.